The molecule has 5 rings (SSSR count). The third-order valence-corrected chi connectivity index (χ3v) is 6.39. The standard InChI is InChI=1S/C24H18N2O3S/c1-16-10-13-18(14-11-16)30(27,28)26-21-15-12-17-6-2-3-7-19(17)23(21)24-25-20-8-4-5-9-22(20)29-24/h2-15,26H,1H3. The summed E-state index contributed by atoms with van der Waals surface area (Å²) in [5, 5.41) is 1.82. The molecule has 0 bridgehead atoms. The number of aryl methyl sites for hydroxylation is 1. The first kappa shape index (κ1) is 18.4. The third kappa shape index (κ3) is 3.21. The van der Waals surface area contributed by atoms with Crippen LogP contribution in [0.25, 0.3) is 33.3 Å². The molecular formula is C24H18N2O3S. The Morgan fingerprint density at radius 2 is 1.57 bits per heavy atom. The first-order chi connectivity index (χ1) is 14.5. The quantitative estimate of drug-likeness (QED) is 0.406. The molecule has 0 fully saturated rings. The van der Waals surface area contributed by atoms with Gasteiger partial charge in [0, 0.05) is 0 Å². The highest BCUT2D eigenvalue weighted by Gasteiger charge is 2.21. The van der Waals surface area contributed by atoms with Crippen LogP contribution in [0.15, 0.2) is 94.2 Å². The van der Waals surface area contributed by atoms with Crippen LogP contribution in [-0.2, 0) is 10.0 Å². The molecule has 0 saturated heterocycles. The van der Waals surface area contributed by atoms with Crippen molar-refractivity contribution in [2.24, 2.45) is 0 Å². The van der Waals surface area contributed by atoms with E-state index in [0.717, 1.165) is 16.3 Å². The number of hydrogen-bond donors (Lipinski definition) is 1. The first-order valence-electron chi connectivity index (χ1n) is 9.48. The second-order valence-corrected chi connectivity index (χ2v) is 8.80. The SMILES string of the molecule is Cc1ccc(S(=O)(=O)Nc2ccc3ccccc3c2-c2nc3ccccc3o2)cc1. The van der Waals surface area contributed by atoms with E-state index < -0.39 is 10.0 Å². The maximum Gasteiger partial charge on any atom is 0.261 e. The fraction of sp³-hybridized carbons (Fsp3) is 0.0417. The smallest absolute Gasteiger partial charge is 0.261 e. The van der Waals surface area contributed by atoms with Crippen LogP contribution in [0.4, 0.5) is 5.69 Å². The van der Waals surface area contributed by atoms with Crippen molar-refractivity contribution in [3.05, 3.63) is 90.5 Å². The number of para-hydroxylation sites is 2. The van der Waals surface area contributed by atoms with Gasteiger partial charge in [0.2, 0.25) is 5.89 Å². The summed E-state index contributed by atoms with van der Waals surface area (Å²) in [6.07, 6.45) is 0. The average Bonchev–Trinajstić information content (AvgIpc) is 3.17. The highest BCUT2D eigenvalue weighted by atomic mass is 32.2. The Morgan fingerprint density at radius 1 is 0.833 bits per heavy atom. The van der Waals surface area contributed by atoms with Crippen LogP contribution < -0.4 is 4.72 Å². The van der Waals surface area contributed by atoms with Gasteiger partial charge in [-0.15, -0.1) is 0 Å². The van der Waals surface area contributed by atoms with Crippen molar-refractivity contribution in [3.63, 3.8) is 0 Å². The van der Waals surface area contributed by atoms with Gasteiger partial charge in [-0.1, -0.05) is 60.2 Å². The fourth-order valence-corrected chi connectivity index (χ4v) is 4.56. The molecule has 0 unspecified atom stereocenters. The van der Waals surface area contributed by atoms with Crippen LogP contribution >= 0.6 is 0 Å². The van der Waals surface area contributed by atoms with E-state index in [2.05, 4.69) is 9.71 Å². The van der Waals surface area contributed by atoms with Gasteiger partial charge in [-0.3, -0.25) is 4.72 Å². The molecule has 6 heteroatoms. The maximum atomic E-state index is 13.0. The molecular weight excluding hydrogens is 396 g/mol. The molecule has 0 aliphatic carbocycles. The van der Waals surface area contributed by atoms with E-state index in [1.807, 2.05) is 61.5 Å². The zero-order valence-electron chi connectivity index (χ0n) is 16.2. The molecule has 0 spiro atoms. The third-order valence-electron chi connectivity index (χ3n) is 5.01. The van der Waals surface area contributed by atoms with Crippen molar-refractivity contribution in [3.8, 4) is 11.5 Å². The van der Waals surface area contributed by atoms with Crippen molar-refractivity contribution in [1.29, 1.82) is 0 Å². The maximum absolute atomic E-state index is 13.0. The Labute approximate surface area is 174 Å². The van der Waals surface area contributed by atoms with E-state index in [-0.39, 0.29) is 4.90 Å². The Bertz CT molecular complexity index is 1450. The highest BCUT2D eigenvalue weighted by Crippen LogP contribution is 2.37. The number of nitrogens with one attached hydrogen (secondary N) is 1. The molecule has 1 N–H and O–H groups in total. The minimum atomic E-state index is -3.78. The minimum absolute atomic E-state index is 0.199. The molecule has 148 valence electrons. The van der Waals surface area contributed by atoms with Crippen molar-refractivity contribution in [1.82, 2.24) is 4.98 Å². The molecule has 0 saturated carbocycles. The molecule has 30 heavy (non-hydrogen) atoms. The van der Waals surface area contributed by atoms with Gasteiger partial charge >= 0.3 is 0 Å². The number of aromatic nitrogens is 1. The van der Waals surface area contributed by atoms with Crippen molar-refractivity contribution in [2.75, 3.05) is 4.72 Å². The number of sulfonamides is 1. The van der Waals surface area contributed by atoms with E-state index in [1.165, 1.54) is 0 Å². The Balaban J connectivity index is 1.70. The minimum Gasteiger partial charge on any atom is -0.436 e. The summed E-state index contributed by atoms with van der Waals surface area (Å²) in [6.45, 7) is 1.92. The summed E-state index contributed by atoms with van der Waals surface area (Å²) in [4.78, 5) is 4.81. The summed E-state index contributed by atoms with van der Waals surface area (Å²) in [5.74, 6) is 0.370. The number of nitrogens with zero attached hydrogens (tertiary/aromatic N) is 1. The normalized spacial score (nSPS) is 11.8. The predicted molar refractivity (Wildman–Crippen MR) is 119 cm³/mol. The van der Waals surface area contributed by atoms with Crippen LogP contribution in [0.1, 0.15) is 5.56 Å². The molecule has 1 heterocycles. The van der Waals surface area contributed by atoms with E-state index >= 15 is 0 Å². The number of anilines is 1. The molecule has 5 nitrogen and oxygen atoms in total. The van der Waals surface area contributed by atoms with Gasteiger partial charge in [-0.25, -0.2) is 13.4 Å². The van der Waals surface area contributed by atoms with Crippen LogP contribution in [-0.4, -0.2) is 13.4 Å². The molecule has 0 radical (unpaired) electrons. The lowest BCUT2D eigenvalue weighted by atomic mass is 10.0. The molecule has 4 aromatic carbocycles. The van der Waals surface area contributed by atoms with Gasteiger partial charge in [0.25, 0.3) is 10.0 Å². The topological polar surface area (TPSA) is 72.2 Å². The van der Waals surface area contributed by atoms with Gasteiger partial charge in [-0.2, -0.15) is 0 Å². The van der Waals surface area contributed by atoms with E-state index in [4.69, 9.17) is 4.42 Å². The predicted octanol–water partition coefficient (Wildman–Crippen LogP) is 5.76. The molecule has 0 atom stereocenters. The Kier molecular flexibility index (Phi) is 4.29. The summed E-state index contributed by atoms with van der Waals surface area (Å²) in [5.41, 5.74) is 3.38. The Morgan fingerprint density at radius 3 is 2.37 bits per heavy atom. The van der Waals surface area contributed by atoms with E-state index in [9.17, 15) is 8.42 Å². The van der Waals surface area contributed by atoms with Crippen LogP contribution in [0.5, 0.6) is 0 Å². The first-order valence-corrected chi connectivity index (χ1v) is 11.0. The van der Waals surface area contributed by atoms with Crippen LogP contribution in [0, 0.1) is 6.92 Å². The number of benzene rings is 4. The fourth-order valence-electron chi connectivity index (χ4n) is 3.49. The average molecular weight is 414 g/mol. The highest BCUT2D eigenvalue weighted by molar-refractivity contribution is 7.92. The molecule has 0 aliphatic heterocycles. The number of rotatable bonds is 4. The van der Waals surface area contributed by atoms with E-state index in [1.54, 1.807) is 30.3 Å². The molecule has 0 aliphatic rings. The van der Waals surface area contributed by atoms with Gasteiger partial charge < -0.3 is 4.42 Å². The number of hydrogen-bond acceptors (Lipinski definition) is 4. The summed E-state index contributed by atoms with van der Waals surface area (Å²) in [6, 6.07) is 25.6. The zero-order valence-corrected chi connectivity index (χ0v) is 17.0. The second kappa shape index (κ2) is 7.00. The van der Waals surface area contributed by atoms with Gasteiger partial charge in [0.15, 0.2) is 5.58 Å². The monoisotopic (exact) mass is 414 g/mol. The molecule has 5 aromatic rings. The van der Waals surface area contributed by atoms with Crippen molar-refractivity contribution in [2.45, 2.75) is 11.8 Å². The largest absolute Gasteiger partial charge is 0.436 e. The number of fused-ring (bicyclic) bond motifs is 2. The van der Waals surface area contributed by atoms with Gasteiger partial charge in [0.1, 0.15) is 5.52 Å². The summed E-state index contributed by atoms with van der Waals surface area (Å²) in [7, 11) is -3.78. The Hall–Kier alpha value is -3.64. The molecule has 0 amide bonds. The van der Waals surface area contributed by atoms with Gasteiger partial charge in [0.05, 0.1) is 16.1 Å². The van der Waals surface area contributed by atoms with E-state index in [0.29, 0.717) is 28.2 Å². The zero-order chi connectivity index (χ0) is 20.7. The van der Waals surface area contributed by atoms with Crippen molar-refractivity contribution < 1.29 is 12.8 Å². The lowest BCUT2D eigenvalue weighted by Crippen LogP contribution is -2.13. The van der Waals surface area contributed by atoms with Crippen LogP contribution in [0.2, 0.25) is 0 Å². The van der Waals surface area contributed by atoms with Crippen molar-refractivity contribution >= 4 is 37.6 Å². The second-order valence-electron chi connectivity index (χ2n) is 7.11. The summed E-state index contributed by atoms with van der Waals surface area (Å²) >= 11 is 0. The number of oxazole rings is 1. The van der Waals surface area contributed by atoms with Crippen LogP contribution in [0.3, 0.4) is 0 Å². The van der Waals surface area contributed by atoms with Gasteiger partial charge in [-0.05, 0) is 48.0 Å². The lowest BCUT2D eigenvalue weighted by molar-refractivity contribution is 0.601. The summed E-state index contributed by atoms with van der Waals surface area (Å²) < 4.78 is 34.8. The lowest BCUT2D eigenvalue weighted by Gasteiger charge is -2.13. The molecule has 1 aromatic heterocycles.